The Balaban J connectivity index is 1.80. The third-order valence-electron chi connectivity index (χ3n) is 4.09. The summed E-state index contributed by atoms with van der Waals surface area (Å²) in [6, 6.07) is 8.13. The molecule has 3 nitrogen and oxygen atoms in total. The van der Waals surface area contributed by atoms with Gasteiger partial charge in [0.25, 0.3) is 5.91 Å². The summed E-state index contributed by atoms with van der Waals surface area (Å²) in [5.74, 6) is 0.0359. The van der Waals surface area contributed by atoms with E-state index in [0.717, 1.165) is 34.7 Å². The van der Waals surface area contributed by atoms with Crippen LogP contribution in [0.4, 0.5) is 0 Å². The quantitative estimate of drug-likeness (QED) is 0.927. The summed E-state index contributed by atoms with van der Waals surface area (Å²) in [6.45, 7) is 4.10. The molecule has 0 atom stereocenters. The smallest absolute Gasteiger partial charge is 0.251 e. The maximum Gasteiger partial charge on any atom is 0.251 e. The second-order valence-corrected chi connectivity index (χ2v) is 6.90. The molecule has 0 radical (unpaired) electrons. The lowest BCUT2D eigenvalue weighted by atomic mass is 10.1. The first-order valence-electron chi connectivity index (χ1n) is 7.49. The number of thiazole rings is 1. The Morgan fingerprint density at radius 2 is 2.05 bits per heavy atom. The third kappa shape index (κ3) is 3.16. The van der Waals surface area contributed by atoms with E-state index in [2.05, 4.69) is 17.2 Å². The molecular formula is C17H20N2OS. The van der Waals surface area contributed by atoms with Crippen molar-refractivity contribution < 1.29 is 4.79 Å². The van der Waals surface area contributed by atoms with E-state index in [-0.39, 0.29) is 5.91 Å². The van der Waals surface area contributed by atoms with Crippen LogP contribution in [0.5, 0.6) is 0 Å². The monoisotopic (exact) mass is 300 g/mol. The Kier molecular flexibility index (Phi) is 4.06. The van der Waals surface area contributed by atoms with Gasteiger partial charge in [-0.3, -0.25) is 4.79 Å². The summed E-state index contributed by atoms with van der Waals surface area (Å²) in [5.41, 5.74) is 2.82. The topological polar surface area (TPSA) is 42.0 Å². The molecule has 1 aromatic heterocycles. The van der Waals surface area contributed by atoms with E-state index >= 15 is 0 Å². The van der Waals surface area contributed by atoms with Gasteiger partial charge in [-0.05, 0) is 38.8 Å². The van der Waals surface area contributed by atoms with Gasteiger partial charge >= 0.3 is 0 Å². The van der Waals surface area contributed by atoms with Crippen LogP contribution in [0.15, 0.2) is 24.3 Å². The molecule has 0 bridgehead atoms. The zero-order chi connectivity index (χ0) is 14.8. The summed E-state index contributed by atoms with van der Waals surface area (Å²) >= 11 is 1.68. The van der Waals surface area contributed by atoms with Crippen molar-refractivity contribution in [3.05, 3.63) is 40.4 Å². The fourth-order valence-corrected chi connectivity index (χ4v) is 3.64. The molecule has 1 aliphatic rings. The summed E-state index contributed by atoms with van der Waals surface area (Å²) in [4.78, 5) is 18.1. The SMILES string of the molecule is Cc1nc(-c2cccc(C(=O)NC3CCCC3)c2)sc1C. The average Bonchev–Trinajstić information content (AvgIpc) is 3.10. The molecule has 0 aliphatic heterocycles. The normalized spacial score (nSPS) is 15.3. The first-order chi connectivity index (χ1) is 10.1. The van der Waals surface area contributed by atoms with Crippen LogP contribution in [0.3, 0.4) is 0 Å². The van der Waals surface area contributed by atoms with Crippen LogP contribution in [0, 0.1) is 13.8 Å². The van der Waals surface area contributed by atoms with Crippen LogP contribution < -0.4 is 5.32 Å². The minimum absolute atomic E-state index is 0.0359. The first-order valence-corrected chi connectivity index (χ1v) is 8.30. The van der Waals surface area contributed by atoms with Gasteiger partial charge in [0.2, 0.25) is 0 Å². The number of hydrogen-bond acceptors (Lipinski definition) is 3. The number of nitrogens with zero attached hydrogens (tertiary/aromatic N) is 1. The second-order valence-electron chi connectivity index (χ2n) is 5.70. The number of carbonyl (C=O) groups is 1. The summed E-state index contributed by atoms with van der Waals surface area (Å²) < 4.78 is 0. The predicted octanol–water partition coefficient (Wildman–Crippen LogP) is 4.10. The van der Waals surface area contributed by atoms with Gasteiger partial charge in [0.15, 0.2) is 0 Å². The van der Waals surface area contributed by atoms with E-state index in [1.807, 2.05) is 31.2 Å². The maximum atomic E-state index is 12.3. The number of carbonyl (C=O) groups excluding carboxylic acids is 1. The minimum Gasteiger partial charge on any atom is -0.349 e. The summed E-state index contributed by atoms with van der Waals surface area (Å²) in [7, 11) is 0. The van der Waals surface area contributed by atoms with E-state index in [0.29, 0.717) is 6.04 Å². The average molecular weight is 300 g/mol. The lowest BCUT2D eigenvalue weighted by molar-refractivity contribution is 0.0938. The van der Waals surface area contributed by atoms with Crippen molar-refractivity contribution in [3.8, 4) is 10.6 Å². The Bertz CT molecular complexity index is 637. The van der Waals surface area contributed by atoms with Gasteiger partial charge in [-0.1, -0.05) is 25.0 Å². The van der Waals surface area contributed by atoms with Gasteiger partial charge in [-0.25, -0.2) is 4.98 Å². The van der Waals surface area contributed by atoms with Crippen LogP contribution in [0.25, 0.3) is 10.6 Å². The van der Waals surface area contributed by atoms with E-state index in [9.17, 15) is 4.79 Å². The summed E-state index contributed by atoms with van der Waals surface area (Å²) in [6.07, 6.45) is 4.66. The molecule has 1 aromatic carbocycles. The first kappa shape index (κ1) is 14.3. The molecule has 21 heavy (non-hydrogen) atoms. The Morgan fingerprint density at radius 1 is 1.29 bits per heavy atom. The number of amides is 1. The van der Waals surface area contributed by atoms with Crippen LogP contribution in [0.1, 0.15) is 46.6 Å². The zero-order valence-electron chi connectivity index (χ0n) is 12.5. The predicted molar refractivity (Wildman–Crippen MR) is 86.7 cm³/mol. The van der Waals surface area contributed by atoms with Gasteiger partial charge in [0, 0.05) is 22.0 Å². The highest BCUT2D eigenvalue weighted by molar-refractivity contribution is 7.15. The van der Waals surface area contributed by atoms with Crippen molar-refractivity contribution in [3.63, 3.8) is 0 Å². The largest absolute Gasteiger partial charge is 0.349 e. The molecule has 110 valence electrons. The van der Waals surface area contributed by atoms with E-state index < -0.39 is 0 Å². The van der Waals surface area contributed by atoms with Crippen molar-refractivity contribution in [2.45, 2.75) is 45.6 Å². The van der Waals surface area contributed by atoms with Crippen LogP contribution in [-0.2, 0) is 0 Å². The van der Waals surface area contributed by atoms with Gasteiger partial charge in [-0.2, -0.15) is 0 Å². The molecule has 1 fully saturated rings. The number of aromatic nitrogens is 1. The molecule has 1 saturated carbocycles. The molecule has 1 amide bonds. The van der Waals surface area contributed by atoms with Gasteiger partial charge < -0.3 is 5.32 Å². The Hall–Kier alpha value is -1.68. The van der Waals surface area contributed by atoms with Crippen molar-refractivity contribution in [1.82, 2.24) is 10.3 Å². The molecule has 1 aliphatic carbocycles. The molecule has 0 spiro atoms. The lowest BCUT2D eigenvalue weighted by Gasteiger charge is -2.12. The molecule has 4 heteroatoms. The third-order valence-corrected chi connectivity index (χ3v) is 5.21. The highest BCUT2D eigenvalue weighted by Gasteiger charge is 2.18. The second kappa shape index (κ2) is 5.98. The highest BCUT2D eigenvalue weighted by Crippen LogP contribution is 2.28. The Labute approximate surface area is 129 Å². The van der Waals surface area contributed by atoms with Crippen LogP contribution in [-0.4, -0.2) is 16.9 Å². The molecule has 0 saturated heterocycles. The zero-order valence-corrected chi connectivity index (χ0v) is 13.3. The van der Waals surface area contributed by atoms with Gasteiger partial charge in [0.1, 0.15) is 5.01 Å². The molecule has 0 unspecified atom stereocenters. The standard InChI is InChI=1S/C17H20N2OS/c1-11-12(2)21-17(18-11)14-7-5-6-13(10-14)16(20)19-15-8-3-4-9-15/h5-7,10,15H,3-4,8-9H2,1-2H3,(H,19,20). The fraction of sp³-hybridized carbons (Fsp3) is 0.412. The number of benzene rings is 1. The molecular weight excluding hydrogens is 280 g/mol. The maximum absolute atomic E-state index is 12.3. The summed E-state index contributed by atoms with van der Waals surface area (Å²) in [5, 5.41) is 4.12. The number of aryl methyl sites for hydroxylation is 2. The Morgan fingerprint density at radius 3 is 2.71 bits per heavy atom. The molecule has 1 N–H and O–H groups in total. The fourth-order valence-electron chi connectivity index (χ4n) is 2.73. The molecule has 1 heterocycles. The van der Waals surface area contributed by atoms with Crippen molar-refractivity contribution >= 4 is 17.2 Å². The van der Waals surface area contributed by atoms with E-state index in [1.165, 1.54) is 17.7 Å². The molecule has 2 aromatic rings. The van der Waals surface area contributed by atoms with Crippen LogP contribution >= 0.6 is 11.3 Å². The minimum atomic E-state index is 0.0359. The lowest BCUT2D eigenvalue weighted by Crippen LogP contribution is -2.32. The molecule has 3 rings (SSSR count). The van der Waals surface area contributed by atoms with Crippen molar-refractivity contribution in [2.75, 3.05) is 0 Å². The highest BCUT2D eigenvalue weighted by atomic mass is 32.1. The number of nitrogens with one attached hydrogen (secondary N) is 1. The van der Waals surface area contributed by atoms with Gasteiger partial charge in [-0.15, -0.1) is 11.3 Å². The number of rotatable bonds is 3. The van der Waals surface area contributed by atoms with Crippen molar-refractivity contribution in [1.29, 1.82) is 0 Å². The van der Waals surface area contributed by atoms with E-state index in [4.69, 9.17) is 0 Å². The number of hydrogen-bond donors (Lipinski definition) is 1. The van der Waals surface area contributed by atoms with Crippen LogP contribution in [0.2, 0.25) is 0 Å². The van der Waals surface area contributed by atoms with Crippen molar-refractivity contribution in [2.24, 2.45) is 0 Å². The van der Waals surface area contributed by atoms with E-state index in [1.54, 1.807) is 11.3 Å². The van der Waals surface area contributed by atoms with Gasteiger partial charge in [0.05, 0.1) is 5.69 Å².